The highest BCUT2D eigenvalue weighted by Gasteiger charge is 2.21. The highest BCUT2D eigenvalue weighted by molar-refractivity contribution is 5.42. The van der Waals surface area contributed by atoms with E-state index in [9.17, 15) is 10.0 Å². The van der Waals surface area contributed by atoms with Gasteiger partial charge in [0.2, 0.25) is 0 Å². The van der Waals surface area contributed by atoms with Gasteiger partial charge in [0.05, 0.1) is 31.1 Å². The molecule has 0 aliphatic rings. The molecule has 1 rings (SSSR count). The zero-order valence-corrected chi connectivity index (χ0v) is 16.9. The van der Waals surface area contributed by atoms with Gasteiger partial charge in [-0.05, 0) is 18.9 Å². The molecule has 0 aromatic heterocycles. The molecule has 26 heavy (non-hydrogen) atoms. The van der Waals surface area contributed by atoms with Gasteiger partial charge < -0.3 is 9.59 Å². The number of phenolic OH excluding ortho intramolecular Hbond substituents is 1. The zero-order chi connectivity index (χ0) is 19.4. The lowest BCUT2D eigenvalue weighted by Crippen LogP contribution is -2.39. The predicted molar refractivity (Wildman–Crippen MR) is 106 cm³/mol. The number of rotatable bonds is 14. The van der Waals surface area contributed by atoms with Gasteiger partial charge in [-0.25, -0.2) is 5.21 Å². The maximum atomic E-state index is 11.0. The Kier molecular flexibility index (Phi) is 10.3. The maximum Gasteiger partial charge on any atom is 0.317 e. The van der Waals surface area contributed by atoms with Crippen LogP contribution in [0.15, 0.2) is 18.2 Å². The van der Waals surface area contributed by atoms with Crippen molar-refractivity contribution in [3.8, 4) is 5.75 Å². The molecular weight excluding hydrogens is 328 g/mol. The fourth-order valence-electron chi connectivity index (χ4n) is 3.39. The Morgan fingerprint density at radius 1 is 0.923 bits per heavy atom. The normalized spacial score (nSPS) is 11.7. The van der Waals surface area contributed by atoms with Crippen LogP contribution < -0.4 is 0 Å². The van der Waals surface area contributed by atoms with Gasteiger partial charge >= 0.3 is 5.69 Å². The number of hydrogen-bond donors (Lipinski definition) is 2. The number of aromatic hydroxyl groups is 1. The quantitative estimate of drug-likeness (QED) is 0.253. The number of benzene rings is 1. The molecule has 0 unspecified atom stereocenters. The summed E-state index contributed by atoms with van der Waals surface area (Å²) in [5.74, 6) is 0.171. The van der Waals surface area contributed by atoms with Crippen molar-refractivity contribution in [2.24, 2.45) is 0 Å². The second-order valence-electron chi connectivity index (χ2n) is 8.09. The zero-order valence-electron chi connectivity index (χ0n) is 16.9. The smallest absolute Gasteiger partial charge is 0.317 e. The molecule has 1 aromatic rings. The highest BCUT2D eigenvalue weighted by Crippen LogP contribution is 2.25. The summed E-state index contributed by atoms with van der Waals surface area (Å²) in [6.45, 7) is 3.91. The van der Waals surface area contributed by atoms with Gasteiger partial charge in [-0.3, -0.25) is 0 Å². The van der Waals surface area contributed by atoms with Crippen LogP contribution in [0.4, 0.5) is 5.69 Å². The van der Waals surface area contributed by atoms with Gasteiger partial charge in [0.15, 0.2) is 0 Å². The molecule has 0 fully saturated rings. The Labute approximate surface area is 158 Å². The second kappa shape index (κ2) is 11.9. The molecular formula is C21H38N2O3+2. The summed E-state index contributed by atoms with van der Waals surface area (Å²) < 4.78 is 0.748. The van der Waals surface area contributed by atoms with Crippen LogP contribution in [0.25, 0.3) is 0 Å². The summed E-state index contributed by atoms with van der Waals surface area (Å²) in [5, 5.41) is 19.0. The lowest BCUT2D eigenvalue weighted by Gasteiger charge is -2.30. The average Bonchev–Trinajstić information content (AvgIpc) is 2.58. The molecule has 1 aromatic carbocycles. The fourth-order valence-corrected chi connectivity index (χ4v) is 3.39. The largest absolute Gasteiger partial charge is 0.507 e. The molecule has 0 radical (unpaired) electrons. The molecule has 0 atom stereocenters. The third-order valence-electron chi connectivity index (χ3n) is 5.00. The van der Waals surface area contributed by atoms with Crippen LogP contribution >= 0.6 is 0 Å². The van der Waals surface area contributed by atoms with E-state index in [1.807, 2.05) is 0 Å². The molecule has 5 nitrogen and oxygen atoms in total. The van der Waals surface area contributed by atoms with E-state index in [4.69, 9.17) is 5.21 Å². The molecule has 0 saturated carbocycles. The minimum atomic E-state index is -0.162. The van der Waals surface area contributed by atoms with Crippen molar-refractivity contribution in [3.05, 3.63) is 28.7 Å². The number of unbranched alkanes of at least 4 members (excludes halogenated alkanes) is 9. The van der Waals surface area contributed by atoms with Crippen LogP contribution in [0.2, 0.25) is 0 Å². The van der Waals surface area contributed by atoms with Crippen molar-refractivity contribution >= 4 is 5.69 Å². The first-order valence-corrected chi connectivity index (χ1v) is 10.2. The Balaban J connectivity index is 2.26. The summed E-state index contributed by atoms with van der Waals surface area (Å²) in [6, 6.07) is 4.43. The summed E-state index contributed by atoms with van der Waals surface area (Å²) in [4.78, 5) is 10.9. The lowest BCUT2D eigenvalue weighted by atomic mass is 10.1. The third kappa shape index (κ3) is 9.18. The van der Waals surface area contributed by atoms with Crippen LogP contribution in [0.3, 0.4) is 0 Å². The van der Waals surface area contributed by atoms with Crippen molar-refractivity contribution in [3.63, 3.8) is 0 Å². The minimum absolute atomic E-state index is 0.150. The van der Waals surface area contributed by atoms with E-state index in [1.54, 1.807) is 6.07 Å². The predicted octanol–water partition coefficient (Wildman–Crippen LogP) is 5.69. The second-order valence-corrected chi connectivity index (χ2v) is 8.09. The van der Waals surface area contributed by atoms with Crippen molar-refractivity contribution in [2.45, 2.75) is 77.7 Å². The van der Waals surface area contributed by atoms with E-state index in [0.717, 1.165) is 17.4 Å². The number of nitrogens with zero attached hydrogens (tertiary/aromatic N) is 2. The van der Waals surface area contributed by atoms with E-state index in [2.05, 4.69) is 21.0 Å². The van der Waals surface area contributed by atoms with Crippen molar-refractivity contribution in [1.82, 2.24) is 0 Å². The Morgan fingerprint density at radius 3 is 2.00 bits per heavy atom. The fraction of sp³-hybridized carbons (Fsp3) is 0.714. The number of quaternary nitrogens is 1. The topological polar surface area (TPSA) is 60.5 Å². The van der Waals surface area contributed by atoms with Crippen LogP contribution in [-0.2, 0) is 6.54 Å². The first-order valence-electron chi connectivity index (χ1n) is 10.2. The van der Waals surface area contributed by atoms with Crippen molar-refractivity contribution in [1.29, 1.82) is 0 Å². The average molecular weight is 367 g/mol. The van der Waals surface area contributed by atoms with Gasteiger partial charge in [0.1, 0.15) is 12.3 Å². The van der Waals surface area contributed by atoms with Crippen LogP contribution in [0.1, 0.15) is 76.7 Å². The Hall–Kier alpha value is -1.62. The third-order valence-corrected chi connectivity index (χ3v) is 5.00. The van der Waals surface area contributed by atoms with E-state index in [0.29, 0.717) is 12.1 Å². The molecule has 0 aliphatic heterocycles. The van der Waals surface area contributed by atoms with Crippen molar-refractivity contribution < 1.29 is 19.7 Å². The molecule has 0 heterocycles. The van der Waals surface area contributed by atoms with E-state index < -0.39 is 0 Å². The molecule has 0 aliphatic carbocycles. The Morgan fingerprint density at radius 2 is 1.46 bits per heavy atom. The van der Waals surface area contributed by atoms with Crippen LogP contribution in [0, 0.1) is 4.91 Å². The Bertz CT molecular complexity index is 544. The summed E-state index contributed by atoms with van der Waals surface area (Å²) in [7, 11) is 4.27. The molecule has 2 N–H and O–H groups in total. The minimum Gasteiger partial charge on any atom is -0.507 e. The van der Waals surface area contributed by atoms with E-state index >= 15 is 0 Å². The molecule has 0 saturated heterocycles. The number of hydrogen-bond acceptors (Lipinski definition) is 2. The first-order chi connectivity index (χ1) is 12.4. The van der Waals surface area contributed by atoms with Crippen LogP contribution in [0.5, 0.6) is 5.75 Å². The standard InChI is InChI=1S/C21H37N2O3/c1-4-5-6-7-8-9-10-11-12-13-16-23(2,3)18-19-17-20(22(25)26)14-15-21(19)24/h14-15,17H,4-13,16,18H2,1-3H3,(H-,24,25,26)/q+1/p+1. The van der Waals surface area contributed by atoms with Gasteiger partial charge in [0, 0.05) is 12.1 Å². The molecule has 5 heteroatoms. The molecule has 0 bridgehead atoms. The number of phenols is 1. The summed E-state index contributed by atoms with van der Waals surface area (Å²) >= 11 is 0. The highest BCUT2D eigenvalue weighted by atomic mass is 16.6. The lowest BCUT2D eigenvalue weighted by molar-refractivity contribution is -0.903. The first kappa shape index (κ1) is 22.4. The SMILES string of the molecule is CCCCCCCCCCCC[N+](C)(C)Cc1cc([N+](=O)O)ccc1O. The molecule has 0 amide bonds. The maximum absolute atomic E-state index is 11.0. The van der Waals surface area contributed by atoms with Gasteiger partial charge in [-0.15, -0.1) is 0 Å². The van der Waals surface area contributed by atoms with Gasteiger partial charge in [-0.2, -0.15) is 0 Å². The van der Waals surface area contributed by atoms with Crippen molar-refractivity contribution in [2.75, 3.05) is 20.6 Å². The van der Waals surface area contributed by atoms with Crippen LogP contribution in [-0.4, -0.2) is 40.4 Å². The molecule has 0 spiro atoms. The van der Waals surface area contributed by atoms with E-state index in [1.165, 1.54) is 69.9 Å². The molecule has 148 valence electrons. The monoisotopic (exact) mass is 366 g/mol. The summed E-state index contributed by atoms with van der Waals surface area (Å²) in [6.07, 6.45) is 13.2. The summed E-state index contributed by atoms with van der Waals surface area (Å²) in [5.41, 5.74) is 0.839. The van der Waals surface area contributed by atoms with E-state index in [-0.39, 0.29) is 16.4 Å². The van der Waals surface area contributed by atoms with Gasteiger partial charge in [0.25, 0.3) is 4.92 Å². The van der Waals surface area contributed by atoms with Gasteiger partial charge in [-0.1, -0.05) is 58.3 Å².